The van der Waals surface area contributed by atoms with Gasteiger partial charge in [0, 0.05) is 25.7 Å². The topological polar surface area (TPSA) is 24.5 Å². The Kier molecular flexibility index (Phi) is 5.91. The van der Waals surface area contributed by atoms with Gasteiger partial charge in [-0.1, -0.05) is 35.9 Å². The molecule has 1 atom stereocenters. The van der Waals surface area contributed by atoms with Crippen molar-refractivity contribution in [3.05, 3.63) is 59.2 Å². The van der Waals surface area contributed by atoms with Gasteiger partial charge in [-0.25, -0.2) is 0 Å². The summed E-state index contributed by atoms with van der Waals surface area (Å²) in [6.07, 6.45) is 5.25. The summed E-state index contributed by atoms with van der Waals surface area (Å²) in [5.41, 5.74) is 5.68. The minimum absolute atomic E-state index is 0.560. The molecule has 2 aliphatic rings. The first-order valence-corrected chi connectivity index (χ1v) is 10.8. The van der Waals surface area contributed by atoms with E-state index in [4.69, 9.17) is 4.74 Å². The Balaban J connectivity index is 1.48. The summed E-state index contributed by atoms with van der Waals surface area (Å²) >= 11 is 0. The van der Waals surface area contributed by atoms with Crippen molar-refractivity contribution in [3.8, 4) is 5.75 Å². The molecule has 4 rings (SSSR count). The molecule has 1 aliphatic carbocycles. The Morgan fingerprint density at radius 3 is 2.54 bits per heavy atom. The fourth-order valence-electron chi connectivity index (χ4n) is 5.41. The van der Waals surface area contributed by atoms with E-state index in [1.807, 2.05) is 0 Å². The average Bonchev–Trinajstić information content (AvgIpc) is 2.74. The average molecular weight is 379 g/mol. The Morgan fingerprint density at radius 2 is 1.79 bits per heavy atom. The Labute approximate surface area is 170 Å². The number of anilines is 1. The lowest BCUT2D eigenvalue weighted by atomic mass is 9.74. The maximum atomic E-state index is 5.67. The van der Waals surface area contributed by atoms with Crippen molar-refractivity contribution in [2.45, 2.75) is 51.5 Å². The zero-order chi connectivity index (χ0) is 19.5. The van der Waals surface area contributed by atoms with Crippen LogP contribution in [0.4, 0.5) is 5.69 Å². The Hall–Kier alpha value is -2.00. The maximum absolute atomic E-state index is 5.67. The number of nitrogens with one attached hydrogen (secondary N) is 1. The number of piperazine rings is 1. The SMILES string of the molecule is COc1ccccc1N1CCNCC1[C@H]1CC[C@H](c2ccc(C)cc2C)CC1. The van der Waals surface area contributed by atoms with Crippen molar-refractivity contribution in [1.82, 2.24) is 5.32 Å². The number of para-hydroxylation sites is 2. The van der Waals surface area contributed by atoms with Crippen molar-refractivity contribution in [2.75, 3.05) is 31.6 Å². The Morgan fingerprint density at radius 1 is 1.00 bits per heavy atom. The third-order valence-corrected chi connectivity index (χ3v) is 6.86. The zero-order valence-electron chi connectivity index (χ0n) is 17.6. The van der Waals surface area contributed by atoms with Crippen molar-refractivity contribution in [1.29, 1.82) is 0 Å². The molecule has 0 radical (unpaired) electrons. The van der Waals surface area contributed by atoms with E-state index in [1.165, 1.54) is 42.5 Å². The number of methoxy groups -OCH3 is 1. The van der Waals surface area contributed by atoms with Gasteiger partial charge >= 0.3 is 0 Å². The fourth-order valence-corrected chi connectivity index (χ4v) is 5.41. The van der Waals surface area contributed by atoms with Gasteiger partial charge in [0.1, 0.15) is 5.75 Å². The lowest BCUT2D eigenvalue weighted by Crippen LogP contribution is -2.55. The quantitative estimate of drug-likeness (QED) is 0.804. The molecule has 1 saturated heterocycles. The van der Waals surface area contributed by atoms with Crippen LogP contribution in [0.3, 0.4) is 0 Å². The van der Waals surface area contributed by atoms with Crippen LogP contribution in [0.5, 0.6) is 5.75 Å². The highest BCUT2D eigenvalue weighted by atomic mass is 16.5. The summed E-state index contributed by atoms with van der Waals surface area (Å²) in [6, 6.07) is 16.1. The van der Waals surface area contributed by atoms with E-state index < -0.39 is 0 Å². The first-order chi connectivity index (χ1) is 13.7. The summed E-state index contributed by atoms with van der Waals surface area (Å²) < 4.78 is 5.67. The highest BCUT2D eigenvalue weighted by Crippen LogP contribution is 2.41. The fraction of sp³-hybridized carbons (Fsp3) is 0.520. The van der Waals surface area contributed by atoms with Crippen LogP contribution in [0.25, 0.3) is 0 Å². The lowest BCUT2D eigenvalue weighted by molar-refractivity contribution is 0.254. The summed E-state index contributed by atoms with van der Waals surface area (Å²) in [5, 5.41) is 3.65. The molecule has 0 spiro atoms. The summed E-state index contributed by atoms with van der Waals surface area (Å²) in [6.45, 7) is 7.66. The summed E-state index contributed by atoms with van der Waals surface area (Å²) in [5.74, 6) is 2.48. The minimum atomic E-state index is 0.560. The lowest BCUT2D eigenvalue weighted by Gasteiger charge is -2.45. The van der Waals surface area contributed by atoms with Gasteiger partial charge in [-0.2, -0.15) is 0 Å². The van der Waals surface area contributed by atoms with E-state index in [0.717, 1.165) is 37.2 Å². The molecule has 1 aliphatic heterocycles. The number of aryl methyl sites for hydroxylation is 2. The maximum Gasteiger partial charge on any atom is 0.142 e. The second kappa shape index (κ2) is 8.57. The highest BCUT2D eigenvalue weighted by molar-refractivity contribution is 5.59. The minimum Gasteiger partial charge on any atom is -0.495 e. The third kappa shape index (κ3) is 3.91. The molecule has 1 saturated carbocycles. The molecular weight excluding hydrogens is 344 g/mol. The first kappa shape index (κ1) is 19.3. The van der Waals surface area contributed by atoms with E-state index in [1.54, 1.807) is 12.7 Å². The van der Waals surface area contributed by atoms with Gasteiger partial charge in [0.25, 0.3) is 0 Å². The van der Waals surface area contributed by atoms with Gasteiger partial charge in [0.05, 0.1) is 12.8 Å². The molecule has 1 unspecified atom stereocenters. The largest absolute Gasteiger partial charge is 0.495 e. The van der Waals surface area contributed by atoms with Gasteiger partial charge in [0.15, 0.2) is 0 Å². The van der Waals surface area contributed by atoms with E-state index in [0.29, 0.717) is 6.04 Å². The molecule has 0 aromatic heterocycles. The van der Waals surface area contributed by atoms with Crippen molar-refractivity contribution >= 4 is 5.69 Å². The van der Waals surface area contributed by atoms with Gasteiger partial charge in [-0.05, 0) is 74.6 Å². The molecular formula is C25H34N2O. The van der Waals surface area contributed by atoms with Crippen LogP contribution in [0, 0.1) is 19.8 Å². The van der Waals surface area contributed by atoms with Crippen LogP contribution in [0.2, 0.25) is 0 Å². The number of nitrogens with zero attached hydrogens (tertiary/aromatic N) is 1. The van der Waals surface area contributed by atoms with Crippen LogP contribution in [-0.2, 0) is 0 Å². The molecule has 3 heteroatoms. The van der Waals surface area contributed by atoms with Gasteiger partial charge in [-0.15, -0.1) is 0 Å². The normalized spacial score (nSPS) is 25.5. The number of rotatable bonds is 4. The number of ether oxygens (including phenoxy) is 1. The highest BCUT2D eigenvalue weighted by Gasteiger charge is 2.34. The van der Waals surface area contributed by atoms with Gasteiger partial charge < -0.3 is 15.0 Å². The molecule has 150 valence electrons. The van der Waals surface area contributed by atoms with E-state index in [2.05, 4.69) is 66.5 Å². The number of benzene rings is 2. The van der Waals surface area contributed by atoms with Crippen LogP contribution in [-0.4, -0.2) is 32.8 Å². The van der Waals surface area contributed by atoms with Crippen LogP contribution < -0.4 is 15.0 Å². The monoisotopic (exact) mass is 378 g/mol. The molecule has 0 bridgehead atoms. The predicted octanol–water partition coefficient (Wildman–Crippen LogP) is 5.06. The number of hydrogen-bond acceptors (Lipinski definition) is 3. The predicted molar refractivity (Wildman–Crippen MR) is 118 cm³/mol. The molecule has 0 amide bonds. The Bertz CT molecular complexity index is 795. The van der Waals surface area contributed by atoms with Crippen molar-refractivity contribution < 1.29 is 4.74 Å². The second-order valence-corrected chi connectivity index (χ2v) is 8.61. The molecule has 28 heavy (non-hydrogen) atoms. The first-order valence-electron chi connectivity index (χ1n) is 10.8. The molecule has 1 N–H and O–H groups in total. The van der Waals surface area contributed by atoms with Gasteiger partial charge in [0.2, 0.25) is 0 Å². The standard InChI is InChI=1S/C25H34N2O/c1-18-8-13-22(19(2)16-18)20-9-11-21(12-10-20)24-17-26-14-15-27(24)23-6-4-5-7-25(23)28-3/h4-8,13,16,20-21,24,26H,9-12,14-15,17H2,1-3H3/t20-,21-,24?. The van der Waals surface area contributed by atoms with Crippen LogP contribution in [0.15, 0.2) is 42.5 Å². The molecule has 2 aromatic carbocycles. The molecule has 2 fully saturated rings. The number of hydrogen-bond donors (Lipinski definition) is 1. The summed E-state index contributed by atoms with van der Waals surface area (Å²) in [4.78, 5) is 2.61. The van der Waals surface area contributed by atoms with Crippen molar-refractivity contribution in [2.24, 2.45) is 5.92 Å². The van der Waals surface area contributed by atoms with Crippen molar-refractivity contribution in [3.63, 3.8) is 0 Å². The van der Waals surface area contributed by atoms with Crippen LogP contribution in [0.1, 0.15) is 48.3 Å². The van der Waals surface area contributed by atoms with E-state index in [9.17, 15) is 0 Å². The zero-order valence-corrected chi connectivity index (χ0v) is 17.6. The molecule has 1 heterocycles. The van der Waals surface area contributed by atoms with E-state index >= 15 is 0 Å². The molecule has 3 nitrogen and oxygen atoms in total. The van der Waals surface area contributed by atoms with Crippen LogP contribution >= 0.6 is 0 Å². The second-order valence-electron chi connectivity index (χ2n) is 8.61. The third-order valence-electron chi connectivity index (χ3n) is 6.86. The molecule has 2 aromatic rings. The van der Waals surface area contributed by atoms with Gasteiger partial charge in [-0.3, -0.25) is 0 Å². The smallest absolute Gasteiger partial charge is 0.142 e. The van der Waals surface area contributed by atoms with E-state index in [-0.39, 0.29) is 0 Å². The summed E-state index contributed by atoms with van der Waals surface area (Å²) in [7, 11) is 1.78.